The van der Waals surface area contributed by atoms with E-state index in [-0.39, 0.29) is 5.41 Å². The third-order valence-corrected chi connectivity index (χ3v) is 2.78. The third-order valence-electron chi connectivity index (χ3n) is 1.51. The van der Waals surface area contributed by atoms with Crippen LogP contribution in [0, 0.1) is 0 Å². The van der Waals surface area contributed by atoms with Crippen molar-refractivity contribution in [2.24, 2.45) is 0 Å². The highest BCUT2D eigenvalue weighted by Crippen LogP contribution is 2.35. The van der Waals surface area contributed by atoms with Crippen molar-refractivity contribution in [1.82, 2.24) is 4.98 Å². The highest BCUT2D eigenvalue weighted by Gasteiger charge is 2.21. The molecule has 0 unspecified atom stereocenters. The molecule has 0 fully saturated rings. The number of hydrogen-bond acceptors (Lipinski definition) is 3. The summed E-state index contributed by atoms with van der Waals surface area (Å²) >= 11 is 7.51. The molecule has 0 atom stereocenters. The van der Waals surface area contributed by atoms with Crippen LogP contribution in [0.25, 0.3) is 0 Å². The van der Waals surface area contributed by atoms with E-state index < -0.39 is 0 Å². The van der Waals surface area contributed by atoms with Crippen LogP contribution in [0.3, 0.4) is 0 Å². The van der Waals surface area contributed by atoms with Gasteiger partial charge in [0.25, 0.3) is 0 Å². The first-order chi connectivity index (χ1) is 5.45. The van der Waals surface area contributed by atoms with Crippen LogP contribution in [0.1, 0.15) is 26.5 Å². The maximum atomic E-state index is 6.02. The Hall–Kier alpha value is -0.280. The lowest BCUT2D eigenvalue weighted by atomic mass is 9.93. The lowest BCUT2D eigenvalue weighted by Crippen LogP contribution is -2.12. The normalized spacial score (nSPS) is 11.8. The SMILES string of the molecule is CNc1nc(C(C)(C)C)c(Cl)s1. The molecule has 1 rings (SSSR count). The summed E-state index contributed by atoms with van der Waals surface area (Å²) in [5, 5.41) is 3.86. The zero-order valence-corrected chi connectivity index (χ0v) is 9.31. The second-order valence-corrected chi connectivity index (χ2v) is 5.24. The van der Waals surface area contributed by atoms with Gasteiger partial charge in [0, 0.05) is 12.5 Å². The zero-order chi connectivity index (χ0) is 9.35. The Bertz CT molecular complexity index is 275. The van der Waals surface area contributed by atoms with Crippen LogP contribution in [-0.4, -0.2) is 12.0 Å². The Morgan fingerprint density at radius 3 is 2.25 bits per heavy atom. The highest BCUT2D eigenvalue weighted by molar-refractivity contribution is 7.19. The fourth-order valence-corrected chi connectivity index (χ4v) is 2.27. The van der Waals surface area contributed by atoms with Gasteiger partial charge in [-0.25, -0.2) is 4.98 Å². The van der Waals surface area contributed by atoms with Crippen molar-refractivity contribution in [2.45, 2.75) is 26.2 Å². The molecule has 1 aromatic rings. The second-order valence-electron chi connectivity index (χ2n) is 3.64. The molecule has 0 saturated carbocycles. The average Bonchev–Trinajstić information content (AvgIpc) is 2.29. The molecule has 0 amide bonds. The van der Waals surface area contributed by atoms with Crippen molar-refractivity contribution < 1.29 is 0 Å². The number of anilines is 1. The van der Waals surface area contributed by atoms with Gasteiger partial charge in [-0.3, -0.25) is 0 Å². The first kappa shape index (κ1) is 9.81. The Kier molecular flexibility index (Phi) is 2.64. The fraction of sp³-hybridized carbons (Fsp3) is 0.625. The molecular formula is C8H13ClN2S. The monoisotopic (exact) mass is 204 g/mol. The van der Waals surface area contributed by atoms with E-state index in [1.54, 1.807) is 0 Å². The van der Waals surface area contributed by atoms with Gasteiger partial charge >= 0.3 is 0 Å². The van der Waals surface area contributed by atoms with Gasteiger partial charge in [0.2, 0.25) is 0 Å². The van der Waals surface area contributed by atoms with Crippen molar-refractivity contribution in [1.29, 1.82) is 0 Å². The van der Waals surface area contributed by atoms with Gasteiger partial charge in [0.15, 0.2) is 5.13 Å². The second kappa shape index (κ2) is 3.23. The van der Waals surface area contributed by atoms with Crippen molar-refractivity contribution in [3.8, 4) is 0 Å². The lowest BCUT2D eigenvalue weighted by Gasteiger charge is -2.15. The summed E-state index contributed by atoms with van der Waals surface area (Å²) in [5.74, 6) is 0. The standard InChI is InChI=1S/C8H13ClN2S/c1-8(2,3)5-6(9)12-7(10-4)11-5/h1-4H3,(H,10,11). The minimum Gasteiger partial charge on any atom is -0.365 e. The Balaban J connectivity index is 3.08. The molecule has 0 saturated heterocycles. The smallest absolute Gasteiger partial charge is 0.184 e. The molecule has 2 nitrogen and oxygen atoms in total. The summed E-state index contributed by atoms with van der Waals surface area (Å²) in [5.41, 5.74) is 1.00. The largest absolute Gasteiger partial charge is 0.365 e. The van der Waals surface area contributed by atoms with Crippen LogP contribution >= 0.6 is 22.9 Å². The number of nitrogens with zero attached hydrogens (tertiary/aromatic N) is 1. The first-order valence-corrected chi connectivity index (χ1v) is 4.99. The van der Waals surface area contributed by atoms with Gasteiger partial charge in [-0.05, 0) is 0 Å². The van der Waals surface area contributed by atoms with E-state index in [9.17, 15) is 0 Å². The summed E-state index contributed by atoms with van der Waals surface area (Å²) in [7, 11) is 1.85. The molecule has 0 bridgehead atoms. The summed E-state index contributed by atoms with van der Waals surface area (Å²) in [4.78, 5) is 4.38. The molecule has 1 heterocycles. The van der Waals surface area contributed by atoms with E-state index in [2.05, 4.69) is 31.1 Å². The first-order valence-electron chi connectivity index (χ1n) is 3.79. The Morgan fingerprint density at radius 2 is 2.00 bits per heavy atom. The molecule has 0 spiro atoms. The lowest BCUT2D eigenvalue weighted by molar-refractivity contribution is 0.574. The van der Waals surface area contributed by atoms with Crippen LogP contribution in [0.15, 0.2) is 0 Å². The highest BCUT2D eigenvalue weighted by atomic mass is 35.5. The number of thiazole rings is 1. The van der Waals surface area contributed by atoms with E-state index in [0.717, 1.165) is 15.2 Å². The molecule has 0 aromatic carbocycles. The van der Waals surface area contributed by atoms with E-state index in [1.807, 2.05) is 7.05 Å². The molecule has 0 aliphatic rings. The maximum Gasteiger partial charge on any atom is 0.184 e. The van der Waals surface area contributed by atoms with E-state index in [4.69, 9.17) is 11.6 Å². The fourth-order valence-electron chi connectivity index (χ4n) is 0.871. The molecule has 1 aromatic heterocycles. The Morgan fingerprint density at radius 1 is 1.42 bits per heavy atom. The van der Waals surface area contributed by atoms with E-state index >= 15 is 0 Å². The van der Waals surface area contributed by atoms with Gasteiger partial charge < -0.3 is 5.32 Å². The summed E-state index contributed by atoms with van der Waals surface area (Å²) in [6.45, 7) is 6.31. The van der Waals surface area contributed by atoms with Gasteiger partial charge in [0.05, 0.1) is 5.69 Å². The summed E-state index contributed by atoms with van der Waals surface area (Å²) < 4.78 is 0.784. The van der Waals surface area contributed by atoms with Crippen LogP contribution in [0.2, 0.25) is 4.34 Å². The number of aromatic nitrogens is 1. The minimum atomic E-state index is 0.0304. The summed E-state index contributed by atoms with van der Waals surface area (Å²) in [6, 6.07) is 0. The number of nitrogens with one attached hydrogen (secondary N) is 1. The maximum absolute atomic E-state index is 6.02. The van der Waals surface area contributed by atoms with Crippen LogP contribution in [0.5, 0.6) is 0 Å². The predicted molar refractivity (Wildman–Crippen MR) is 55.4 cm³/mol. The quantitative estimate of drug-likeness (QED) is 0.761. The molecule has 0 radical (unpaired) electrons. The molecule has 12 heavy (non-hydrogen) atoms. The van der Waals surface area contributed by atoms with Gasteiger partial charge in [-0.15, -0.1) is 0 Å². The number of hydrogen-bond donors (Lipinski definition) is 1. The third kappa shape index (κ3) is 1.90. The Labute approximate surface area is 82.0 Å². The van der Waals surface area contributed by atoms with Crippen molar-refractivity contribution >= 4 is 28.1 Å². The van der Waals surface area contributed by atoms with Crippen molar-refractivity contribution in [3.63, 3.8) is 0 Å². The van der Waals surface area contributed by atoms with Crippen LogP contribution < -0.4 is 5.32 Å². The van der Waals surface area contributed by atoms with Crippen LogP contribution in [0.4, 0.5) is 5.13 Å². The molecular weight excluding hydrogens is 192 g/mol. The van der Waals surface area contributed by atoms with E-state index in [1.165, 1.54) is 11.3 Å². The molecule has 0 aliphatic carbocycles. The molecule has 4 heteroatoms. The van der Waals surface area contributed by atoms with Gasteiger partial charge in [-0.2, -0.15) is 0 Å². The van der Waals surface area contributed by atoms with Crippen molar-refractivity contribution in [3.05, 3.63) is 10.0 Å². The molecule has 68 valence electrons. The predicted octanol–water partition coefficient (Wildman–Crippen LogP) is 3.14. The van der Waals surface area contributed by atoms with Gasteiger partial charge in [-0.1, -0.05) is 43.7 Å². The zero-order valence-electron chi connectivity index (χ0n) is 7.73. The van der Waals surface area contributed by atoms with E-state index in [0.29, 0.717) is 0 Å². The summed E-state index contributed by atoms with van der Waals surface area (Å²) in [6.07, 6.45) is 0. The van der Waals surface area contributed by atoms with Crippen LogP contribution in [-0.2, 0) is 5.41 Å². The average molecular weight is 205 g/mol. The topological polar surface area (TPSA) is 24.9 Å². The van der Waals surface area contributed by atoms with Crippen molar-refractivity contribution in [2.75, 3.05) is 12.4 Å². The number of rotatable bonds is 1. The van der Waals surface area contributed by atoms with Gasteiger partial charge in [0.1, 0.15) is 4.34 Å². The molecule has 0 aliphatic heterocycles. The number of halogens is 1. The molecule has 1 N–H and O–H groups in total. The minimum absolute atomic E-state index is 0.0304.